The van der Waals surface area contributed by atoms with Gasteiger partial charge in [0.2, 0.25) is 11.8 Å². The van der Waals surface area contributed by atoms with Gasteiger partial charge < -0.3 is 15.4 Å². The minimum Gasteiger partial charge on any atom is -0.493 e. The zero-order chi connectivity index (χ0) is 23.9. The zero-order valence-corrected chi connectivity index (χ0v) is 19.6. The van der Waals surface area contributed by atoms with Crippen LogP contribution in [0.3, 0.4) is 0 Å². The zero-order valence-electron chi connectivity index (χ0n) is 18.8. The number of rotatable bonds is 6. The van der Waals surface area contributed by atoms with Gasteiger partial charge in [-0.2, -0.15) is 19.6 Å². The number of hydrogen-bond acceptors (Lipinski definition) is 8. The molecule has 5 aromatic rings. The third-order valence-electron chi connectivity index (χ3n) is 5.82. The number of nitrogens with zero attached hydrogens (tertiary/aromatic N) is 5. The number of H-pyrrole nitrogens is 2. The summed E-state index contributed by atoms with van der Waals surface area (Å²) in [5.41, 5.74) is 4.31. The Morgan fingerprint density at radius 3 is 2.86 bits per heavy atom. The van der Waals surface area contributed by atoms with Crippen molar-refractivity contribution in [2.24, 2.45) is 4.99 Å². The fourth-order valence-electron chi connectivity index (χ4n) is 3.88. The van der Waals surface area contributed by atoms with Crippen molar-refractivity contribution >= 4 is 29.0 Å². The van der Waals surface area contributed by atoms with Gasteiger partial charge in [0.15, 0.2) is 5.65 Å². The monoisotopic (exact) mass is 486 g/mol. The predicted molar refractivity (Wildman–Crippen MR) is 133 cm³/mol. The van der Waals surface area contributed by atoms with Crippen LogP contribution < -0.4 is 21.8 Å². The van der Waals surface area contributed by atoms with Gasteiger partial charge >= 0.3 is 5.69 Å². The first-order valence-electron chi connectivity index (χ1n) is 11.2. The van der Waals surface area contributed by atoms with Crippen LogP contribution in [-0.4, -0.2) is 40.7 Å². The van der Waals surface area contributed by atoms with Crippen LogP contribution in [0.5, 0.6) is 5.88 Å². The van der Waals surface area contributed by atoms with E-state index < -0.39 is 5.69 Å². The summed E-state index contributed by atoms with van der Waals surface area (Å²) in [7, 11) is 0. The third kappa shape index (κ3) is 4.21. The molecule has 1 aliphatic rings. The van der Waals surface area contributed by atoms with Gasteiger partial charge in [-0.1, -0.05) is 24.3 Å². The summed E-state index contributed by atoms with van der Waals surface area (Å²) in [6.45, 7) is 2.65. The van der Waals surface area contributed by atoms with Crippen molar-refractivity contribution < 1.29 is 5.11 Å². The summed E-state index contributed by atoms with van der Waals surface area (Å²) >= 11 is 1.73. The molecule has 0 saturated heterocycles. The molecule has 1 saturated carbocycles. The van der Waals surface area contributed by atoms with E-state index in [1.807, 2.05) is 12.1 Å². The van der Waals surface area contributed by atoms with Crippen LogP contribution in [0, 0.1) is 6.92 Å². The minimum atomic E-state index is -0.494. The second-order valence-electron chi connectivity index (χ2n) is 8.47. The topological polar surface area (TPSA) is 136 Å². The molecule has 176 valence electrons. The number of aromatic nitrogens is 6. The number of thiophene rings is 1. The number of benzene rings is 1. The molecular formula is C24H22N8O2S. The number of nitrogens with one attached hydrogen (secondary N) is 3. The lowest BCUT2D eigenvalue weighted by Gasteiger charge is -2.10. The van der Waals surface area contributed by atoms with E-state index >= 15 is 0 Å². The second-order valence-corrected chi connectivity index (χ2v) is 9.39. The van der Waals surface area contributed by atoms with E-state index in [-0.39, 0.29) is 17.6 Å². The molecule has 1 fully saturated rings. The first kappa shape index (κ1) is 21.3. The van der Waals surface area contributed by atoms with Gasteiger partial charge in [-0.15, -0.1) is 11.3 Å². The summed E-state index contributed by atoms with van der Waals surface area (Å²) < 4.78 is 1.58. The summed E-state index contributed by atoms with van der Waals surface area (Å²) in [4.78, 5) is 31.7. The summed E-state index contributed by atoms with van der Waals surface area (Å²) in [5, 5.41) is 20.4. The van der Waals surface area contributed by atoms with E-state index in [2.05, 4.69) is 60.9 Å². The van der Waals surface area contributed by atoms with Gasteiger partial charge in [0, 0.05) is 16.6 Å². The Kier molecular flexibility index (Phi) is 5.18. The molecule has 0 spiro atoms. The maximum atomic E-state index is 11.5. The van der Waals surface area contributed by atoms with Gasteiger partial charge in [0.1, 0.15) is 5.69 Å². The standard InChI is InChI=1S/C24H22N8O2S/c1-13-8-9-35-19(13)17-5-3-2-4-14(17)11-25-22-29-20-15(10-18-21(33)30-24(34)28-18)12-26-32(20)23(31-22)27-16-6-7-16/h2-5,8-10,12,16,33H,6-7,11H2,1H3,(H,25,27,31)(H2,28,30,34). The first-order chi connectivity index (χ1) is 17.0. The molecule has 0 aliphatic heterocycles. The Balaban J connectivity index is 1.41. The summed E-state index contributed by atoms with van der Waals surface area (Å²) in [6, 6.07) is 10.7. The Morgan fingerprint density at radius 1 is 1.26 bits per heavy atom. The number of aromatic hydroxyl groups is 1. The highest BCUT2D eigenvalue weighted by molar-refractivity contribution is 7.13. The van der Waals surface area contributed by atoms with Gasteiger partial charge in [-0.25, -0.2) is 9.79 Å². The van der Waals surface area contributed by atoms with Gasteiger partial charge in [-0.3, -0.25) is 4.98 Å². The van der Waals surface area contributed by atoms with E-state index in [9.17, 15) is 9.90 Å². The fraction of sp³-hybridized carbons (Fsp3) is 0.208. The second kappa shape index (κ2) is 8.51. The van der Waals surface area contributed by atoms with E-state index in [4.69, 9.17) is 4.99 Å². The summed E-state index contributed by atoms with van der Waals surface area (Å²) in [5.74, 6) is 0.182. The first-order valence-corrected chi connectivity index (χ1v) is 12.1. The lowest BCUT2D eigenvalue weighted by Crippen LogP contribution is -2.24. The molecule has 35 heavy (non-hydrogen) atoms. The van der Waals surface area contributed by atoms with E-state index in [1.54, 1.807) is 28.1 Å². The van der Waals surface area contributed by atoms with Crippen molar-refractivity contribution in [2.45, 2.75) is 32.4 Å². The smallest absolute Gasteiger partial charge is 0.326 e. The third-order valence-corrected chi connectivity index (χ3v) is 6.87. The maximum absolute atomic E-state index is 11.5. The average molecular weight is 487 g/mol. The van der Waals surface area contributed by atoms with E-state index in [1.165, 1.54) is 16.0 Å². The Morgan fingerprint density at radius 2 is 2.11 bits per heavy atom. The molecule has 0 radical (unpaired) electrons. The van der Waals surface area contributed by atoms with Crippen LogP contribution in [0.25, 0.3) is 22.2 Å². The highest BCUT2D eigenvalue weighted by Crippen LogP contribution is 2.31. The predicted octanol–water partition coefficient (Wildman–Crippen LogP) is 2.11. The maximum Gasteiger partial charge on any atom is 0.326 e. The molecule has 0 amide bonds. The molecule has 1 aliphatic carbocycles. The largest absolute Gasteiger partial charge is 0.493 e. The Labute approximate surface area is 202 Å². The number of aromatic amines is 2. The normalized spacial score (nSPS) is 14.8. The minimum absolute atomic E-state index is 0.241. The molecular weight excluding hydrogens is 464 g/mol. The van der Waals surface area contributed by atoms with Gasteiger partial charge in [0.25, 0.3) is 5.62 Å². The van der Waals surface area contributed by atoms with Crippen molar-refractivity contribution in [1.29, 1.82) is 0 Å². The molecule has 4 aromatic heterocycles. The molecule has 0 bridgehead atoms. The average Bonchev–Trinajstić information content (AvgIpc) is 3.26. The van der Waals surface area contributed by atoms with Crippen molar-refractivity contribution in [3.8, 4) is 16.3 Å². The number of fused-ring (bicyclic) bond motifs is 1. The molecule has 0 unspecified atom stereocenters. The highest BCUT2D eigenvalue weighted by atomic mass is 32.1. The molecule has 4 heterocycles. The van der Waals surface area contributed by atoms with Gasteiger partial charge in [0.05, 0.1) is 12.2 Å². The molecule has 1 aromatic carbocycles. The van der Waals surface area contributed by atoms with Crippen molar-refractivity contribution in [3.05, 3.63) is 80.1 Å². The van der Waals surface area contributed by atoms with Crippen LogP contribution in [0.15, 0.2) is 51.7 Å². The van der Waals surface area contributed by atoms with E-state index in [0.29, 0.717) is 29.0 Å². The SMILES string of the molecule is Cc1ccsc1-c1ccccc1CNc1nc(=NC2CC2)n2ncc(=Cc3[nH]c(=O)[nH]c3O)c2n1. The number of anilines is 1. The number of aryl methyl sites for hydroxylation is 1. The molecule has 6 rings (SSSR count). The molecule has 0 atom stereocenters. The quantitative estimate of drug-likeness (QED) is 0.290. The number of hydrogen-bond donors (Lipinski definition) is 4. The van der Waals surface area contributed by atoms with Gasteiger partial charge in [-0.05, 0) is 54.0 Å². The lowest BCUT2D eigenvalue weighted by molar-refractivity contribution is 0.454. The van der Waals surface area contributed by atoms with Crippen molar-refractivity contribution in [1.82, 2.24) is 29.5 Å². The fourth-order valence-corrected chi connectivity index (χ4v) is 4.87. The highest BCUT2D eigenvalue weighted by Gasteiger charge is 2.21. The molecule has 10 nitrogen and oxygen atoms in total. The van der Waals surface area contributed by atoms with Crippen molar-refractivity contribution in [3.63, 3.8) is 0 Å². The van der Waals surface area contributed by atoms with E-state index in [0.717, 1.165) is 18.4 Å². The Bertz CT molecular complexity index is 1720. The van der Waals surface area contributed by atoms with Crippen LogP contribution in [0.2, 0.25) is 0 Å². The number of imidazole rings is 1. The molecule has 11 heteroatoms. The van der Waals surface area contributed by atoms with Crippen molar-refractivity contribution in [2.75, 3.05) is 5.32 Å². The van der Waals surface area contributed by atoms with Crippen LogP contribution in [0.1, 0.15) is 29.7 Å². The lowest BCUT2D eigenvalue weighted by atomic mass is 10.0. The van der Waals surface area contributed by atoms with Crippen LogP contribution in [0.4, 0.5) is 5.95 Å². The summed E-state index contributed by atoms with van der Waals surface area (Å²) in [6.07, 6.45) is 5.28. The Hall–Kier alpha value is -4.25. The van der Waals surface area contributed by atoms with Crippen LogP contribution >= 0.6 is 11.3 Å². The molecule has 4 N–H and O–H groups in total. The van der Waals surface area contributed by atoms with Crippen LogP contribution in [-0.2, 0) is 6.54 Å².